The van der Waals surface area contributed by atoms with Crippen molar-refractivity contribution < 1.29 is 22.3 Å². The van der Waals surface area contributed by atoms with Crippen LogP contribution >= 0.6 is 0 Å². The minimum absolute atomic E-state index is 0.0260. The van der Waals surface area contributed by atoms with Crippen LogP contribution in [0.1, 0.15) is 20.3 Å². The van der Waals surface area contributed by atoms with Crippen molar-refractivity contribution >= 4 is 0 Å². The molecule has 0 aliphatic rings. The van der Waals surface area contributed by atoms with E-state index in [4.69, 9.17) is 4.74 Å². The molecule has 0 amide bonds. The first kappa shape index (κ1) is 15.8. The Morgan fingerprint density at radius 2 is 1.68 bits per heavy atom. The van der Waals surface area contributed by atoms with Crippen LogP contribution in [-0.4, -0.2) is 19.7 Å². The average molecular weight is 279 g/mol. The molecule has 0 aromatic heterocycles. The fourth-order valence-electron chi connectivity index (χ4n) is 1.44. The van der Waals surface area contributed by atoms with Gasteiger partial charge in [-0.05, 0) is 25.4 Å². The van der Waals surface area contributed by atoms with E-state index in [9.17, 15) is 17.6 Å². The summed E-state index contributed by atoms with van der Waals surface area (Å²) in [7, 11) is 0. The van der Waals surface area contributed by atoms with Crippen LogP contribution in [0.5, 0.6) is 5.75 Å². The maximum Gasteiger partial charge on any atom is 0.203 e. The average Bonchev–Trinajstić information content (AvgIpc) is 2.34. The Morgan fingerprint density at radius 1 is 1.11 bits per heavy atom. The largest absolute Gasteiger partial charge is 0.487 e. The number of hydrogen-bond donors (Lipinski definition) is 1. The molecular formula is C13H17F4NO. The maximum atomic E-state index is 13.2. The van der Waals surface area contributed by atoms with Crippen LogP contribution in [0.25, 0.3) is 0 Å². The van der Waals surface area contributed by atoms with Gasteiger partial charge in [-0.15, -0.1) is 0 Å². The molecule has 1 aromatic carbocycles. The molecule has 0 fully saturated rings. The van der Waals surface area contributed by atoms with E-state index in [1.807, 2.05) is 13.8 Å². The Bertz CT molecular complexity index is 397. The Hall–Kier alpha value is -1.30. The lowest BCUT2D eigenvalue weighted by Gasteiger charge is -2.10. The zero-order chi connectivity index (χ0) is 14.4. The van der Waals surface area contributed by atoms with E-state index in [1.54, 1.807) is 0 Å². The summed E-state index contributed by atoms with van der Waals surface area (Å²) < 4.78 is 56.9. The van der Waals surface area contributed by atoms with Crippen molar-refractivity contribution in [2.75, 3.05) is 19.7 Å². The van der Waals surface area contributed by atoms with Crippen LogP contribution in [0.15, 0.2) is 6.07 Å². The lowest BCUT2D eigenvalue weighted by Crippen LogP contribution is -2.22. The van der Waals surface area contributed by atoms with Crippen LogP contribution in [0.4, 0.5) is 17.6 Å². The first-order valence-corrected chi connectivity index (χ1v) is 6.10. The Balaban J connectivity index is 2.45. The predicted octanol–water partition coefficient (Wildman–Crippen LogP) is 3.26. The molecule has 0 saturated carbocycles. The number of rotatable bonds is 7. The van der Waals surface area contributed by atoms with Gasteiger partial charge in [-0.3, -0.25) is 0 Å². The first-order valence-electron chi connectivity index (χ1n) is 6.10. The van der Waals surface area contributed by atoms with E-state index in [1.165, 1.54) is 0 Å². The molecule has 0 atom stereocenters. The number of nitrogens with one attached hydrogen (secondary N) is 1. The van der Waals surface area contributed by atoms with E-state index in [2.05, 4.69) is 5.32 Å². The van der Waals surface area contributed by atoms with Crippen molar-refractivity contribution in [2.24, 2.45) is 5.92 Å². The van der Waals surface area contributed by atoms with Gasteiger partial charge in [0.15, 0.2) is 17.4 Å². The monoisotopic (exact) mass is 279 g/mol. The third-order valence-corrected chi connectivity index (χ3v) is 2.37. The van der Waals surface area contributed by atoms with Gasteiger partial charge in [0.05, 0.1) is 6.61 Å². The molecule has 0 spiro atoms. The summed E-state index contributed by atoms with van der Waals surface area (Å²) in [6.45, 7) is 5.48. The van der Waals surface area contributed by atoms with Gasteiger partial charge in [0.1, 0.15) is 0 Å². The van der Waals surface area contributed by atoms with Crippen LogP contribution < -0.4 is 10.1 Å². The molecule has 1 aromatic rings. The normalized spacial score (nSPS) is 11.1. The number of benzene rings is 1. The van der Waals surface area contributed by atoms with E-state index in [-0.39, 0.29) is 12.7 Å². The topological polar surface area (TPSA) is 21.3 Å². The van der Waals surface area contributed by atoms with Crippen LogP contribution in [0.3, 0.4) is 0 Å². The summed E-state index contributed by atoms with van der Waals surface area (Å²) in [4.78, 5) is 0. The summed E-state index contributed by atoms with van der Waals surface area (Å²) in [5.41, 5.74) is 0. The molecule has 19 heavy (non-hydrogen) atoms. The molecule has 0 aliphatic heterocycles. The van der Waals surface area contributed by atoms with Crippen molar-refractivity contribution in [3.8, 4) is 5.75 Å². The van der Waals surface area contributed by atoms with Crippen molar-refractivity contribution in [2.45, 2.75) is 20.3 Å². The van der Waals surface area contributed by atoms with Crippen LogP contribution in [0.2, 0.25) is 0 Å². The second-order valence-corrected chi connectivity index (χ2v) is 4.60. The Kier molecular flexibility index (Phi) is 6.08. The molecule has 0 unspecified atom stereocenters. The molecule has 1 rings (SSSR count). The van der Waals surface area contributed by atoms with Gasteiger partial charge in [0, 0.05) is 6.07 Å². The van der Waals surface area contributed by atoms with E-state index in [0.717, 1.165) is 6.54 Å². The van der Waals surface area contributed by atoms with Gasteiger partial charge in [0.25, 0.3) is 0 Å². The first-order chi connectivity index (χ1) is 8.93. The molecule has 0 aliphatic carbocycles. The summed E-state index contributed by atoms with van der Waals surface area (Å²) in [6.07, 6.45) is 0.476. The zero-order valence-electron chi connectivity index (χ0n) is 10.9. The third-order valence-electron chi connectivity index (χ3n) is 2.37. The van der Waals surface area contributed by atoms with E-state index in [0.29, 0.717) is 18.9 Å². The van der Waals surface area contributed by atoms with Gasteiger partial charge in [0.2, 0.25) is 11.6 Å². The summed E-state index contributed by atoms with van der Waals surface area (Å²) in [5.74, 6) is -6.45. The lowest BCUT2D eigenvalue weighted by atomic mass is 10.2. The molecule has 108 valence electrons. The van der Waals surface area contributed by atoms with Gasteiger partial charge in [-0.1, -0.05) is 13.8 Å². The molecule has 1 N–H and O–H groups in total. The SMILES string of the molecule is CC(C)CNCCCOc1c(F)c(F)cc(F)c1F. The summed E-state index contributed by atoms with van der Waals surface area (Å²) in [6, 6.07) is 0.154. The zero-order valence-corrected chi connectivity index (χ0v) is 10.9. The molecule has 0 radical (unpaired) electrons. The third kappa shape index (κ3) is 4.70. The van der Waals surface area contributed by atoms with E-state index >= 15 is 0 Å². The fraction of sp³-hybridized carbons (Fsp3) is 0.538. The lowest BCUT2D eigenvalue weighted by molar-refractivity contribution is 0.265. The highest BCUT2D eigenvalue weighted by Crippen LogP contribution is 2.26. The van der Waals surface area contributed by atoms with Gasteiger partial charge >= 0.3 is 0 Å². The summed E-state index contributed by atoms with van der Waals surface area (Å²) >= 11 is 0. The highest BCUT2D eigenvalue weighted by Gasteiger charge is 2.20. The molecule has 2 nitrogen and oxygen atoms in total. The summed E-state index contributed by atoms with van der Waals surface area (Å²) in [5, 5.41) is 3.11. The van der Waals surface area contributed by atoms with Crippen molar-refractivity contribution in [1.82, 2.24) is 5.32 Å². The molecular weight excluding hydrogens is 262 g/mol. The van der Waals surface area contributed by atoms with Crippen LogP contribution in [0, 0.1) is 29.2 Å². The molecule has 0 saturated heterocycles. The van der Waals surface area contributed by atoms with Crippen molar-refractivity contribution in [3.63, 3.8) is 0 Å². The highest BCUT2D eigenvalue weighted by molar-refractivity contribution is 5.28. The smallest absolute Gasteiger partial charge is 0.203 e. The van der Waals surface area contributed by atoms with Gasteiger partial charge in [-0.25, -0.2) is 8.78 Å². The minimum Gasteiger partial charge on any atom is -0.487 e. The quantitative estimate of drug-likeness (QED) is 0.470. The Labute approximate surface area is 109 Å². The Morgan fingerprint density at radius 3 is 2.21 bits per heavy atom. The molecule has 0 heterocycles. The molecule has 0 bridgehead atoms. The molecule has 6 heteroatoms. The van der Waals surface area contributed by atoms with Crippen LogP contribution in [-0.2, 0) is 0 Å². The van der Waals surface area contributed by atoms with Gasteiger partial charge < -0.3 is 10.1 Å². The number of halogens is 4. The highest BCUT2D eigenvalue weighted by atomic mass is 19.2. The number of hydrogen-bond acceptors (Lipinski definition) is 2. The van der Waals surface area contributed by atoms with Crippen molar-refractivity contribution in [1.29, 1.82) is 0 Å². The maximum absolute atomic E-state index is 13.2. The number of ether oxygens (including phenoxy) is 1. The standard InChI is InChI=1S/C13H17F4NO/c1-8(2)7-18-4-3-5-19-13-11(16)9(14)6-10(15)12(13)17/h6,8,18H,3-5,7H2,1-2H3. The second-order valence-electron chi connectivity index (χ2n) is 4.60. The van der Waals surface area contributed by atoms with Crippen molar-refractivity contribution in [3.05, 3.63) is 29.3 Å². The van der Waals surface area contributed by atoms with Gasteiger partial charge in [-0.2, -0.15) is 8.78 Å². The predicted molar refractivity (Wildman–Crippen MR) is 64.1 cm³/mol. The minimum atomic E-state index is -1.51. The second kappa shape index (κ2) is 7.33. The fourth-order valence-corrected chi connectivity index (χ4v) is 1.44. The van der Waals surface area contributed by atoms with E-state index < -0.39 is 29.0 Å².